The zero-order valence-electron chi connectivity index (χ0n) is 12.1. The first-order valence-electron chi connectivity index (χ1n) is 6.46. The Kier molecular flexibility index (Phi) is 5.13. The molecule has 24 heavy (non-hydrogen) atoms. The van der Waals surface area contributed by atoms with E-state index < -0.39 is 34.7 Å². The van der Waals surface area contributed by atoms with Crippen molar-refractivity contribution in [1.82, 2.24) is 4.98 Å². The first-order valence-corrected chi connectivity index (χ1v) is 6.84. The fraction of sp³-hybridized carbons (Fsp3) is 0.214. The van der Waals surface area contributed by atoms with Gasteiger partial charge in [-0.25, -0.2) is 9.78 Å². The van der Waals surface area contributed by atoms with E-state index in [1.54, 1.807) is 0 Å². The normalized spacial score (nSPS) is 12.5. The van der Waals surface area contributed by atoms with Crippen molar-refractivity contribution in [3.05, 3.63) is 47.0 Å². The number of nitrogens with zero attached hydrogens (tertiary/aromatic N) is 1. The lowest BCUT2D eigenvalue weighted by Gasteiger charge is -2.14. The van der Waals surface area contributed by atoms with Crippen LogP contribution in [0.3, 0.4) is 0 Å². The van der Waals surface area contributed by atoms with Crippen LogP contribution in [0.4, 0.5) is 19.0 Å². The number of anilines is 1. The van der Waals surface area contributed by atoms with Crippen molar-refractivity contribution in [2.24, 2.45) is 0 Å². The molecule has 2 aromatic heterocycles. The van der Waals surface area contributed by atoms with E-state index in [2.05, 4.69) is 10.3 Å². The van der Waals surface area contributed by atoms with E-state index in [-0.39, 0.29) is 11.6 Å². The number of pyridine rings is 1. The van der Waals surface area contributed by atoms with Crippen LogP contribution >= 0.6 is 11.6 Å². The SMILES string of the molecule is CC(OC(=O)c1ccco1)C(=O)Nc1ncc(C(F)(F)F)cc1Cl. The fourth-order valence-corrected chi connectivity index (χ4v) is 1.78. The average molecular weight is 363 g/mol. The molecule has 2 heterocycles. The van der Waals surface area contributed by atoms with Crippen molar-refractivity contribution in [1.29, 1.82) is 0 Å². The van der Waals surface area contributed by atoms with E-state index in [0.29, 0.717) is 12.3 Å². The molecule has 10 heteroatoms. The molecule has 1 atom stereocenters. The van der Waals surface area contributed by atoms with Crippen LogP contribution in [-0.2, 0) is 15.7 Å². The van der Waals surface area contributed by atoms with Gasteiger partial charge < -0.3 is 14.5 Å². The van der Waals surface area contributed by atoms with Crippen LogP contribution in [-0.4, -0.2) is 23.0 Å². The van der Waals surface area contributed by atoms with Crippen LogP contribution in [0.5, 0.6) is 0 Å². The van der Waals surface area contributed by atoms with Crippen molar-refractivity contribution in [3.8, 4) is 0 Å². The number of amides is 1. The molecule has 1 amide bonds. The molecule has 2 aromatic rings. The predicted molar refractivity (Wildman–Crippen MR) is 76.5 cm³/mol. The van der Waals surface area contributed by atoms with Crippen LogP contribution in [0.15, 0.2) is 35.1 Å². The van der Waals surface area contributed by atoms with Crippen molar-refractivity contribution >= 4 is 29.3 Å². The second-order valence-corrected chi connectivity index (χ2v) is 4.97. The number of carbonyl (C=O) groups excluding carboxylic acids is 2. The molecule has 0 aromatic carbocycles. The first-order chi connectivity index (χ1) is 11.2. The molecule has 0 spiro atoms. The Hall–Kier alpha value is -2.55. The minimum atomic E-state index is -4.61. The minimum Gasteiger partial charge on any atom is -0.457 e. The monoisotopic (exact) mass is 362 g/mol. The van der Waals surface area contributed by atoms with Crippen molar-refractivity contribution < 1.29 is 31.9 Å². The minimum absolute atomic E-state index is 0.0969. The fourth-order valence-electron chi connectivity index (χ4n) is 1.57. The molecule has 2 rings (SSSR count). The van der Waals surface area contributed by atoms with Gasteiger partial charge in [0, 0.05) is 6.20 Å². The van der Waals surface area contributed by atoms with Gasteiger partial charge in [0.1, 0.15) is 0 Å². The summed E-state index contributed by atoms with van der Waals surface area (Å²) in [4.78, 5) is 27.0. The Morgan fingerprint density at radius 3 is 2.67 bits per heavy atom. The number of ether oxygens (including phenoxy) is 1. The number of furan rings is 1. The van der Waals surface area contributed by atoms with E-state index in [1.165, 1.54) is 25.3 Å². The molecule has 1 unspecified atom stereocenters. The van der Waals surface area contributed by atoms with Gasteiger partial charge in [-0.1, -0.05) is 11.6 Å². The summed E-state index contributed by atoms with van der Waals surface area (Å²) in [6.07, 6.45) is -4.07. The van der Waals surface area contributed by atoms with Crippen LogP contribution in [0.1, 0.15) is 23.0 Å². The molecule has 0 aliphatic carbocycles. The highest BCUT2D eigenvalue weighted by Crippen LogP contribution is 2.32. The number of aromatic nitrogens is 1. The Morgan fingerprint density at radius 2 is 2.12 bits per heavy atom. The zero-order valence-corrected chi connectivity index (χ0v) is 12.8. The molecule has 6 nitrogen and oxygen atoms in total. The van der Waals surface area contributed by atoms with E-state index in [4.69, 9.17) is 20.8 Å². The number of hydrogen-bond acceptors (Lipinski definition) is 5. The summed E-state index contributed by atoms with van der Waals surface area (Å²) in [5.74, 6) is -2.06. The number of alkyl halides is 3. The molecule has 0 radical (unpaired) electrons. The molecule has 1 N–H and O–H groups in total. The third-order valence-electron chi connectivity index (χ3n) is 2.79. The lowest BCUT2D eigenvalue weighted by Crippen LogP contribution is -2.30. The van der Waals surface area contributed by atoms with Gasteiger partial charge in [-0.2, -0.15) is 13.2 Å². The summed E-state index contributed by atoms with van der Waals surface area (Å²) in [5, 5.41) is 1.78. The van der Waals surface area contributed by atoms with Crippen LogP contribution in [0, 0.1) is 0 Å². The Morgan fingerprint density at radius 1 is 1.42 bits per heavy atom. The molecule has 0 bridgehead atoms. The van der Waals surface area contributed by atoms with Gasteiger partial charge >= 0.3 is 12.1 Å². The quantitative estimate of drug-likeness (QED) is 0.841. The molecule has 128 valence electrons. The van der Waals surface area contributed by atoms with E-state index in [0.717, 1.165) is 0 Å². The third-order valence-corrected chi connectivity index (χ3v) is 3.07. The van der Waals surface area contributed by atoms with Gasteiger partial charge in [-0.3, -0.25) is 4.79 Å². The molecule has 0 aliphatic heterocycles. The second-order valence-electron chi connectivity index (χ2n) is 4.57. The van der Waals surface area contributed by atoms with E-state index in [1.807, 2.05) is 0 Å². The standard InChI is InChI=1S/C14H10ClF3N2O4/c1-7(24-13(22)10-3-2-4-23-10)12(21)20-11-9(15)5-8(6-19-11)14(16,17)18/h2-7H,1H3,(H,19,20,21). The van der Waals surface area contributed by atoms with Gasteiger partial charge in [0.05, 0.1) is 16.8 Å². The third kappa shape index (κ3) is 4.25. The summed E-state index contributed by atoms with van der Waals surface area (Å²) < 4.78 is 47.2. The summed E-state index contributed by atoms with van der Waals surface area (Å²) in [5.41, 5.74) is -1.05. The van der Waals surface area contributed by atoms with Crippen LogP contribution in [0.25, 0.3) is 0 Å². The summed E-state index contributed by atoms with van der Waals surface area (Å²) in [6, 6.07) is 3.44. The molecule has 0 fully saturated rings. The van der Waals surface area contributed by atoms with E-state index in [9.17, 15) is 22.8 Å². The number of halogens is 4. The van der Waals surface area contributed by atoms with Gasteiger partial charge in [-0.05, 0) is 25.1 Å². The highest BCUT2D eigenvalue weighted by molar-refractivity contribution is 6.33. The lowest BCUT2D eigenvalue weighted by atomic mass is 10.2. The topological polar surface area (TPSA) is 81.4 Å². The number of hydrogen-bond donors (Lipinski definition) is 1. The van der Waals surface area contributed by atoms with Gasteiger partial charge in [-0.15, -0.1) is 0 Å². The van der Waals surface area contributed by atoms with Crippen molar-refractivity contribution in [2.45, 2.75) is 19.2 Å². The Labute approximate surface area is 138 Å². The highest BCUT2D eigenvalue weighted by atomic mass is 35.5. The van der Waals surface area contributed by atoms with E-state index >= 15 is 0 Å². The largest absolute Gasteiger partial charge is 0.457 e. The van der Waals surface area contributed by atoms with Crippen molar-refractivity contribution in [2.75, 3.05) is 5.32 Å². The maximum Gasteiger partial charge on any atom is 0.417 e. The van der Waals surface area contributed by atoms with Crippen LogP contribution in [0.2, 0.25) is 5.02 Å². The molecule has 0 aliphatic rings. The highest BCUT2D eigenvalue weighted by Gasteiger charge is 2.32. The number of nitrogens with one attached hydrogen (secondary N) is 1. The summed E-state index contributed by atoms with van der Waals surface area (Å²) in [7, 11) is 0. The smallest absolute Gasteiger partial charge is 0.417 e. The number of rotatable bonds is 4. The zero-order chi connectivity index (χ0) is 17.9. The first kappa shape index (κ1) is 17.8. The van der Waals surface area contributed by atoms with Crippen molar-refractivity contribution in [3.63, 3.8) is 0 Å². The molecular weight excluding hydrogens is 353 g/mol. The van der Waals surface area contributed by atoms with Crippen LogP contribution < -0.4 is 5.32 Å². The average Bonchev–Trinajstić information content (AvgIpc) is 3.02. The molecule has 0 saturated carbocycles. The second kappa shape index (κ2) is 6.91. The molecule has 0 saturated heterocycles. The van der Waals surface area contributed by atoms with Gasteiger partial charge in [0.15, 0.2) is 11.9 Å². The number of carbonyl (C=O) groups is 2. The summed E-state index contributed by atoms with van der Waals surface area (Å²) in [6.45, 7) is 1.27. The Bertz CT molecular complexity index is 747. The predicted octanol–water partition coefficient (Wildman–Crippen LogP) is 3.53. The summed E-state index contributed by atoms with van der Waals surface area (Å²) >= 11 is 5.67. The number of esters is 1. The lowest BCUT2D eigenvalue weighted by molar-refractivity contribution is -0.137. The van der Waals surface area contributed by atoms with Gasteiger partial charge in [0.2, 0.25) is 5.76 Å². The maximum atomic E-state index is 12.5. The maximum absolute atomic E-state index is 12.5. The molecular formula is C14H10ClF3N2O4. The van der Waals surface area contributed by atoms with Gasteiger partial charge in [0.25, 0.3) is 5.91 Å². The Balaban J connectivity index is 2.02.